The minimum Gasteiger partial charge on any atom is -0.424 e. The van der Waals surface area contributed by atoms with Crippen LogP contribution in [-0.2, 0) is 20.9 Å². The van der Waals surface area contributed by atoms with Gasteiger partial charge in [0.15, 0.2) is 0 Å². The molecule has 0 fully saturated rings. The molecule has 14 heavy (non-hydrogen) atoms. The van der Waals surface area contributed by atoms with Crippen LogP contribution in [-0.4, -0.2) is 14.2 Å². The normalized spacial score (nSPS) is 11.4. The van der Waals surface area contributed by atoms with Crippen LogP contribution >= 0.6 is 22.6 Å². The Labute approximate surface area is 96.7 Å². The zero-order chi connectivity index (χ0) is 10.6. The third-order valence-electron chi connectivity index (χ3n) is 1.48. The van der Waals surface area contributed by atoms with Gasteiger partial charge in [0.25, 0.3) is 0 Å². The highest BCUT2D eigenvalue weighted by Crippen LogP contribution is 2.48. The van der Waals surface area contributed by atoms with Crippen molar-refractivity contribution in [1.29, 1.82) is 0 Å². The minimum atomic E-state index is -2.60. The summed E-state index contributed by atoms with van der Waals surface area (Å²) >= 11 is 8.38. The molecule has 0 amide bonds. The quantitative estimate of drug-likeness (QED) is 0.797. The number of hydrogen-bond acceptors (Lipinski definition) is 4. The molecular formula is C8H10BrO3PS. The second-order valence-electron chi connectivity index (χ2n) is 2.36. The third kappa shape index (κ3) is 3.33. The molecule has 0 bridgehead atoms. The van der Waals surface area contributed by atoms with Crippen LogP contribution in [0.1, 0.15) is 0 Å². The minimum absolute atomic E-state index is 0.639. The number of benzene rings is 1. The Morgan fingerprint density at radius 1 is 1.14 bits per heavy atom. The summed E-state index contributed by atoms with van der Waals surface area (Å²) in [5, 5.41) is 0. The first-order valence-electron chi connectivity index (χ1n) is 3.76. The monoisotopic (exact) mass is 296 g/mol. The van der Waals surface area contributed by atoms with Crippen molar-refractivity contribution in [2.24, 2.45) is 0 Å². The van der Waals surface area contributed by atoms with Gasteiger partial charge in [-0.2, -0.15) is 0 Å². The molecule has 3 nitrogen and oxygen atoms in total. The Bertz CT molecular complexity index is 333. The molecule has 1 aromatic carbocycles. The van der Waals surface area contributed by atoms with Crippen molar-refractivity contribution in [2.45, 2.75) is 0 Å². The van der Waals surface area contributed by atoms with Crippen molar-refractivity contribution in [3.05, 3.63) is 28.7 Å². The lowest BCUT2D eigenvalue weighted by Gasteiger charge is -2.17. The van der Waals surface area contributed by atoms with Crippen molar-refractivity contribution in [1.82, 2.24) is 0 Å². The summed E-state index contributed by atoms with van der Waals surface area (Å²) in [6.07, 6.45) is 0. The van der Waals surface area contributed by atoms with E-state index < -0.39 is 6.72 Å². The van der Waals surface area contributed by atoms with Crippen molar-refractivity contribution >= 4 is 34.5 Å². The van der Waals surface area contributed by atoms with E-state index in [4.69, 9.17) is 25.4 Å². The Morgan fingerprint density at radius 3 is 2.07 bits per heavy atom. The highest BCUT2D eigenvalue weighted by atomic mass is 79.9. The summed E-state index contributed by atoms with van der Waals surface area (Å²) in [5.41, 5.74) is 0. The van der Waals surface area contributed by atoms with Gasteiger partial charge in [0.05, 0.1) is 0 Å². The highest BCUT2D eigenvalue weighted by molar-refractivity contribution is 9.10. The second-order valence-corrected chi connectivity index (χ2v) is 6.42. The summed E-state index contributed by atoms with van der Waals surface area (Å²) in [7, 11) is 2.95. The molecule has 0 unspecified atom stereocenters. The molecule has 0 heterocycles. The molecule has 78 valence electrons. The van der Waals surface area contributed by atoms with Gasteiger partial charge < -0.3 is 13.6 Å². The van der Waals surface area contributed by atoms with E-state index in [1.807, 2.05) is 12.1 Å². The Morgan fingerprint density at radius 2 is 1.64 bits per heavy atom. The SMILES string of the molecule is COP(=S)(OC)Oc1ccc(Br)cc1. The van der Waals surface area contributed by atoms with E-state index in [-0.39, 0.29) is 0 Å². The smallest absolute Gasteiger partial charge is 0.380 e. The maximum Gasteiger partial charge on any atom is 0.380 e. The predicted molar refractivity (Wildman–Crippen MR) is 63.1 cm³/mol. The van der Waals surface area contributed by atoms with Gasteiger partial charge >= 0.3 is 6.72 Å². The molecule has 1 aromatic rings. The first-order chi connectivity index (χ1) is 6.59. The fourth-order valence-electron chi connectivity index (χ4n) is 0.774. The zero-order valence-electron chi connectivity index (χ0n) is 7.77. The molecule has 0 radical (unpaired) electrons. The van der Waals surface area contributed by atoms with Gasteiger partial charge in [0.2, 0.25) is 0 Å². The van der Waals surface area contributed by atoms with Crippen LogP contribution in [0.25, 0.3) is 0 Å². The predicted octanol–water partition coefficient (Wildman–Crippen LogP) is 3.35. The van der Waals surface area contributed by atoms with E-state index >= 15 is 0 Å². The number of hydrogen-bond donors (Lipinski definition) is 0. The molecule has 0 spiro atoms. The number of rotatable bonds is 4. The lowest BCUT2D eigenvalue weighted by molar-refractivity contribution is 0.273. The van der Waals surface area contributed by atoms with Crippen LogP contribution in [0.5, 0.6) is 5.75 Å². The van der Waals surface area contributed by atoms with Crippen molar-refractivity contribution < 1.29 is 13.6 Å². The molecule has 6 heteroatoms. The van der Waals surface area contributed by atoms with E-state index in [1.54, 1.807) is 12.1 Å². The van der Waals surface area contributed by atoms with Crippen LogP contribution in [0.3, 0.4) is 0 Å². The van der Waals surface area contributed by atoms with Crippen molar-refractivity contribution in [3.63, 3.8) is 0 Å². The molecule has 0 atom stereocenters. The first-order valence-corrected chi connectivity index (χ1v) is 7.11. The lowest BCUT2D eigenvalue weighted by Crippen LogP contribution is -1.96. The van der Waals surface area contributed by atoms with Gasteiger partial charge in [0, 0.05) is 30.5 Å². The van der Waals surface area contributed by atoms with E-state index in [0.717, 1.165) is 4.47 Å². The lowest BCUT2D eigenvalue weighted by atomic mass is 10.3. The van der Waals surface area contributed by atoms with Crippen LogP contribution in [0.2, 0.25) is 0 Å². The van der Waals surface area contributed by atoms with Gasteiger partial charge in [0.1, 0.15) is 5.75 Å². The molecule has 0 saturated carbocycles. The van der Waals surface area contributed by atoms with E-state index in [0.29, 0.717) is 5.75 Å². The average molecular weight is 297 g/mol. The van der Waals surface area contributed by atoms with Gasteiger partial charge in [-0.25, -0.2) is 0 Å². The zero-order valence-corrected chi connectivity index (χ0v) is 11.1. The second kappa shape index (κ2) is 5.24. The molecule has 1 rings (SSSR count). The summed E-state index contributed by atoms with van der Waals surface area (Å²) in [6.45, 7) is -2.60. The number of halogens is 1. The van der Waals surface area contributed by atoms with E-state index in [9.17, 15) is 0 Å². The van der Waals surface area contributed by atoms with Crippen molar-refractivity contribution in [3.8, 4) is 5.75 Å². The molecule has 0 aliphatic heterocycles. The fourth-order valence-corrected chi connectivity index (χ4v) is 1.97. The van der Waals surface area contributed by atoms with Gasteiger partial charge in [-0.1, -0.05) is 15.9 Å². The van der Waals surface area contributed by atoms with Crippen LogP contribution in [0.15, 0.2) is 28.7 Å². The fraction of sp³-hybridized carbons (Fsp3) is 0.250. The van der Waals surface area contributed by atoms with E-state index in [1.165, 1.54) is 14.2 Å². The topological polar surface area (TPSA) is 27.7 Å². The Hall–Kier alpha value is 0.0700. The molecule has 0 saturated heterocycles. The van der Waals surface area contributed by atoms with Crippen molar-refractivity contribution in [2.75, 3.05) is 14.2 Å². The summed E-state index contributed by atoms with van der Waals surface area (Å²) in [6, 6.07) is 7.31. The summed E-state index contributed by atoms with van der Waals surface area (Å²) in [5.74, 6) is 0.639. The maximum absolute atomic E-state index is 5.42. The van der Waals surface area contributed by atoms with E-state index in [2.05, 4.69) is 15.9 Å². The summed E-state index contributed by atoms with van der Waals surface area (Å²) < 4.78 is 16.4. The molecule has 0 N–H and O–H groups in total. The first kappa shape index (κ1) is 12.1. The molecule has 0 aliphatic rings. The largest absolute Gasteiger partial charge is 0.424 e. The van der Waals surface area contributed by atoms with Gasteiger partial charge in [-0.05, 0) is 24.3 Å². The Balaban J connectivity index is 2.78. The maximum atomic E-state index is 5.42. The third-order valence-corrected chi connectivity index (χ3v) is 4.45. The van der Waals surface area contributed by atoms with Crippen LogP contribution < -0.4 is 4.52 Å². The van der Waals surface area contributed by atoms with Crippen LogP contribution in [0, 0.1) is 0 Å². The molecule has 0 aromatic heterocycles. The van der Waals surface area contributed by atoms with Crippen LogP contribution in [0.4, 0.5) is 0 Å². The molecular weight excluding hydrogens is 287 g/mol. The van der Waals surface area contributed by atoms with Gasteiger partial charge in [-0.3, -0.25) is 0 Å². The average Bonchev–Trinajstić information content (AvgIpc) is 2.21. The highest BCUT2D eigenvalue weighted by Gasteiger charge is 2.17. The standard InChI is InChI=1S/C8H10BrO3PS/c1-10-13(14,11-2)12-8-5-3-7(9)4-6-8/h3-6H,1-2H3. The Kier molecular flexibility index (Phi) is 4.54. The summed E-state index contributed by atoms with van der Waals surface area (Å²) in [4.78, 5) is 0. The van der Waals surface area contributed by atoms with Gasteiger partial charge in [-0.15, -0.1) is 0 Å². The molecule has 0 aliphatic carbocycles.